The maximum absolute atomic E-state index is 6.03. The zero-order chi connectivity index (χ0) is 18.5. The lowest BCUT2D eigenvalue weighted by Gasteiger charge is -2.34. The van der Waals surface area contributed by atoms with Crippen molar-refractivity contribution in [3.63, 3.8) is 0 Å². The second-order valence-electron chi connectivity index (χ2n) is 7.54. The number of morpholine rings is 1. The van der Waals surface area contributed by atoms with Gasteiger partial charge in [-0.05, 0) is 54.6 Å². The lowest BCUT2D eigenvalue weighted by molar-refractivity contribution is -0.00662. The Morgan fingerprint density at radius 1 is 0.963 bits per heavy atom. The van der Waals surface area contributed by atoms with Crippen molar-refractivity contribution in [1.82, 2.24) is 9.55 Å². The van der Waals surface area contributed by atoms with E-state index >= 15 is 0 Å². The first-order valence-corrected chi connectivity index (χ1v) is 9.43. The molecule has 2 unspecified atom stereocenters. The van der Waals surface area contributed by atoms with Crippen LogP contribution in [0.5, 0.6) is 0 Å². The van der Waals surface area contributed by atoms with Gasteiger partial charge < -0.3 is 18.6 Å². The number of rotatable bonds is 2. The van der Waals surface area contributed by atoms with Gasteiger partial charge in [0.1, 0.15) is 5.52 Å². The molecule has 1 aliphatic heterocycles. The summed E-state index contributed by atoms with van der Waals surface area (Å²) in [5, 5.41) is 1.25. The molecule has 27 heavy (non-hydrogen) atoms. The first kappa shape index (κ1) is 16.4. The van der Waals surface area contributed by atoms with Crippen LogP contribution in [0.25, 0.3) is 33.1 Å². The van der Waals surface area contributed by atoms with Crippen molar-refractivity contribution in [2.45, 2.75) is 26.1 Å². The van der Waals surface area contributed by atoms with Crippen LogP contribution in [0.3, 0.4) is 0 Å². The van der Waals surface area contributed by atoms with Crippen LogP contribution in [0.4, 0.5) is 6.01 Å². The second-order valence-corrected chi connectivity index (χ2v) is 7.54. The van der Waals surface area contributed by atoms with Gasteiger partial charge in [0.15, 0.2) is 5.58 Å². The molecule has 138 valence electrons. The minimum Gasteiger partial charge on any atom is -0.423 e. The lowest BCUT2D eigenvalue weighted by Crippen LogP contribution is -2.45. The van der Waals surface area contributed by atoms with E-state index < -0.39 is 0 Å². The third-order valence-electron chi connectivity index (χ3n) is 5.29. The van der Waals surface area contributed by atoms with E-state index in [0.29, 0.717) is 6.01 Å². The van der Waals surface area contributed by atoms with Crippen LogP contribution in [-0.4, -0.2) is 34.8 Å². The summed E-state index contributed by atoms with van der Waals surface area (Å²) in [6, 6.07) is 15.6. The Hall–Kier alpha value is -2.79. The molecule has 1 saturated heterocycles. The quantitative estimate of drug-likeness (QED) is 0.523. The fourth-order valence-electron chi connectivity index (χ4n) is 4.01. The van der Waals surface area contributed by atoms with Crippen LogP contribution in [-0.2, 0) is 11.8 Å². The first-order valence-electron chi connectivity index (χ1n) is 9.43. The third-order valence-corrected chi connectivity index (χ3v) is 5.29. The van der Waals surface area contributed by atoms with E-state index in [1.54, 1.807) is 0 Å². The summed E-state index contributed by atoms with van der Waals surface area (Å²) in [6.45, 7) is 5.77. The summed E-state index contributed by atoms with van der Waals surface area (Å²) in [6.07, 6.45) is 2.44. The molecule has 0 aliphatic carbocycles. The number of ether oxygens (including phenoxy) is 1. The summed E-state index contributed by atoms with van der Waals surface area (Å²) < 4.78 is 14.0. The monoisotopic (exact) mass is 361 g/mol. The minimum absolute atomic E-state index is 0.177. The van der Waals surface area contributed by atoms with Gasteiger partial charge in [-0.3, -0.25) is 0 Å². The van der Waals surface area contributed by atoms with Gasteiger partial charge in [0.25, 0.3) is 6.01 Å². The first-order chi connectivity index (χ1) is 13.1. The van der Waals surface area contributed by atoms with E-state index in [4.69, 9.17) is 14.1 Å². The highest BCUT2D eigenvalue weighted by atomic mass is 16.5. The average Bonchev–Trinajstić information content (AvgIpc) is 3.24. The number of oxazole rings is 1. The smallest absolute Gasteiger partial charge is 0.298 e. The Labute approximate surface area is 158 Å². The maximum atomic E-state index is 6.03. The zero-order valence-electron chi connectivity index (χ0n) is 15.8. The molecule has 5 nitrogen and oxygen atoms in total. The molecular formula is C22H23N3O2. The van der Waals surface area contributed by atoms with Crippen molar-refractivity contribution in [3.8, 4) is 11.1 Å². The predicted molar refractivity (Wildman–Crippen MR) is 108 cm³/mol. The van der Waals surface area contributed by atoms with Crippen LogP contribution in [0.1, 0.15) is 13.8 Å². The number of aryl methyl sites for hydroxylation is 1. The number of fused-ring (bicyclic) bond motifs is 2. The summed E-state index contributed by atoms with van der Waals surface area (Å²) in [5.41, 5.74) is 5.27. The molecule has 1 fully saturated rings. The van der Waals surface area contributed by atoms with Gasteiger partial charge in [0, 0.05) is 31.9 Å². The Balaban J connectivity index is 1.52. The highest BCUT2D eigenvalue weighted by Crippen LogP contribution is 2.30. The van der Waals surface area contributed by atoms with Gasteiger partial charge >= 0.3 is 0 Å². The number of benzene rings is 2. The molecule has 0 N–H and O–H groups in total. The Bertz CT molecular complexity index is 1120. The number of hydrogen-bond acceptors (Lipinski definition) is 4. The van der Waals surface area contributed by atoms with Crippen LogP contribution in [0, 0.1) is 0 Å². The van der Waals surface area contributed by atoms with Gasteiger partial charge in [0.2, 0.25) is 0 Å². The van der Waals surface area contributed by atoms with Gasteiger partial charge in [-0.25, -0.2) is 0 Å². The molecule has 5 heteroatoms. The zero-order valence-corrected chi connectivity index (χ0v) is 15.8. The van der Waals surface area contributed by atoms with E-state index in [2.05, 4.69) is 73.0 Å². The standard InChI is InChI=1S/C22H23N3O2/c1-14-12-25(13-15(2)26-14)22-23-19-10-17(6-7-21(19)27-22)18-5-4-16-8-9-24(3)20(16)11-18/h4-11,14-15H,12-13H2,1-3H3. The van der Waals surface area contributed by atoms with E-state index in [1.807, 2.05) is 6.07 Å². The number of hydrogen-bond donors (Lipinski definition) is 0. The molecule has 0 bridgehead atoms. The molecule has 5 rings (SSSR count). The van der Waals surface area contributed by atoms with E-state index in [9.17, 15) is 0 Å². The summed E-state index contributed by atoms with van der Waals surface area (Å²) >= 11 is 0. The van der Waals surface area contributed by atoms with Crippen molar-refractivity contribution in [3.05, 3.63) is 48.7 Å². The molecule has 1 aliphatic rings. The summed E-state index contributed by atoms with van der Waals surface area (Å²) in [5.74, 6) is 0. The average molecular weight is 361 g/mol. The Kier molecular flexibility index (Phi) is 3.72. The second kappa shape index (κ2) is 6.13. The van der Waals surface area contributed by atoms with Crippen LogP contribution >= 0.6 is 0 Å². The van der Waals surface area contributed by atoms with Crippen LogP contribution in [0.2, 0.25) is 0 Å². The Morgan fingerprint density at radius 2 is 1.70 bits per heavy atom. The molecular weight excluding hydrogens is 338 g/mol. The van der Waals surface area contributed by atoms with E-state index in [1.165, 1.54) is 16.5 Å². The largest absolute Gasteiger partial charge is 0.423 e. The summed E-state index contributed by atoms with van der Waals surface area (Å²) in [4.78, 5) is 6.93. The van der Waals surface area contributed by atoms with Crippen molar-refractivity contribution in [2.75, 3.05) is 18.0 Å². The van der Waals surface area contributed by atoms with Crippen molar-refractivity contribution >= 4 is 28.0 Å². The van der Waals surface area contributed by atoms with Crippen LogP contribution in [0.15, 0.2) is 53.1 Å². The molecule has 2 atom stereocenters. The molecule has 2 aromatic carbocycles. The lowest BCUT2D eigenvalue weighted by atomic mass is 10.0. The maximum Gasteiger partial charge on any atom is 0.298 e. The topological polar surface area (TPSA) is 43.4 Å². The Morgan fingerprint density at radius 3 is 2.52 bits per heavy atom. The highest BCUT2D eigenvalue weighted by Gasteiger charge is 2.25. The fraction of sp³-hybridized carbons (Fsp3) is 0.318. The third kappa shape index (κ3) is 2.88. The van der Waals surface area contributed by atoms with E-state index in [0.717, 1.165) is 29.8 Å². The van der Waals surface area contributed by atoms with Crippen LogP contribution < -0.4 is 4.90 Å². The van der Waals surface area contributed by atoms with Crippen molar-refractivity contribution in [2.24, 2.45) is 7.05 Å². The molecule has 3 heterocycles. The fourth-order valence-corrected chi connectivity index (χ4v) is 4.01. The van der Waals surface area contributed by atoms with Gasteiger partial charge in [-0.15, -0.1) is 0 Å². The molecule has 0 radical (unpaired) electrons. The molecule has 0 spiro atoms. The van der Waals surface area contributed by atoms with Crippen molar-refractivity contribution in [1.29, 1.82) is 0 Å². The predicted octanol–water partition coefficient (Wildman–Crippen LogP) is 4.60. The highest BCUT2D eigenvalue weighted by molar-refractivity contribution is 5.88. The molecule has 4 aromatic rings. The normalized spacial score (nSPS) is 20.6. The number of anilines is 1. The van der Waals surface area contributed by atoms with E-state index in [-0.39, 0.29) is 12.2 Å². The minimum atomic E-state index is 0.177. The number of nitrogens with zero attached hydrogens (tertiary/aromatic N) is 3. The molecule has 2 aromatic heterocycles. The number of aromatic nitrogens is 2. The molecule has 0 amide bonds. The SMILES string of the molecule is CC1CN(c2nc3cc(-c4ccc5ccn(C)c5c4)ccc3o2)CC(C)O1. The van der Waals surface area contributed by atoms with Gasteiger partial charge in [-0.1, -0.05) is 18.2 Å². The van der Waals surface area contributed by atoms with Crippen molar-refractivity contribution < 1.29 is 9.15 Å². The summed E-state index contributed by atoms with van der Waals surface area (Å²) in [7, 11) is 2.07. The van der Waals surface area contributed by atoms with Gasteiger partial charge in [0.05, 0.1) is 12.2 Å². The molecule has 0 saturated carbocycles. The van der Waals surface area contributed by atoms with Gasteiger partial charge in [-0.2, -0.15) is 4.98 Å².